The third kappa shape index (κ3) is 4.78. The summed E-state index contributed by atoms with van der Waals surface area (Å²) >= 11 is 0. The van der Waals surface area contributed by atoms with Crippen molar-refractivity contribution >= 4 is 5.69 Å². The van der Waals surface area contributed by atoms with Gasteiger partial charge in [-0.3, -0.25) is 10.1 Å². The van der Waals surface area contributed by atoms with E-state index in [4.69, 9.17) is 4.74 Å². The van der Waals surface area contributed by atoms with Crippen molar-refractivity contribution in [1.29, 1.82) is 0 Å². The summed E-state index contributed by atoms with van der Waals surface area (Å²) in [5.74, 6) is 0.709. The van der Waals surface area contributed by atoms with Crippen LogP contribution in [-0.2, 0) is 25.7 Å². The Morgan fingerprint density at radius 2 is 1.08 bits per heavy atom. The number of non-ortho nitro benzene ring substituents is 1. The van der Waals surface area contributed by atoms with Crippen LogP contribution in [0.4, 0.5) is 5.69 Å². The largest absolute Gasteiger partial charge is 0.507 e. The first kappa shape index (κ1) is 24.9. The van der Waals surface area contributed by atoms with E-state index in [0.717, 1.165) is 11.1 Å². The maximum atomic E-state index is 11.7. The molecule has 192 valence electrons. The molecular weight excluding hydrogens is 482 g/mol. The number of nitro benzene ring substituents is 1. The zero-order chi connectivity index (χ0) is 26.8. The van der Waals surface area contributed by atoms with Gasteiger partial charge in [0.15, 0.2) is 0 Å². The molecule has 7 nitrogen and oxygen atoms in total. The molecule has 0 saturated carbocycles. The molecule has 0 unspecified atom stereocenters. The number of benzene rings is 4. The lowest BCUT2D eigenvalue weighted by Crippen LogP contribution is -2.05. The number of hydrogen-bond acceptors (Lipinski definition) is 6. The molecule has 38 heavy (non-hydrogen) atoms. The van der Waals surface area contributed by atoms with Gasteiger partial charge in [-0.15, -0.1) is 0 Å². The fraction of sp³-hybridized carbons (Fsp3) is 0.161. The molecule has 4 aromatic rings. The van der Waals surface area contributed by atoms with Crippen molar-refractivity contribution in [3.63, 3.8) is 0 Å². The molecule has 4 aromatic carbocycles. The molecule has 0 heterocycles. The van der Waals surface area contributed by atoms with E-state index in [1.807, 2.05) is 42.5 Å². The molecule has 8 bridgehead atoms. The van der Waals surface area contributed by atoms with Crippen molar-refractivity contribution in [3.8, 4) is 23.0 Å². The molecule has 0 fully saturated rings. The summed E-state index contributed by atoms with van der Waals surface area (Å²) in [7, 11) is 0. The summed E-state index contributed by atoms with van der Waals surface area (Å²) in [4.78, 5) is 11.2. The van der Waals surface area contributed by atoms with Crippen LogP contribution in [0.5, 0.6) is 23.0 Å². The number of fused-ring (bicyclic) bond motifs is 8. The highest BCUT2D eigenvalue weighted by atomic mass is 16.6. The van der Waals surface area contributed by atoms with Crippen molar-refractivity contribution in [3.05, 3.63) is 134 Å². The van der Waals surface area contributed by atoms with E-state index in [1.165, 1.54) is 12.1 Å². The molecule has 1 aliphatic carbocycles. The minimum absolute atomic E-state index is 0.0648. The number of ether oxygens (including phenoxy) is 1. The van der Waals surface area contributed by atoms with Crippen LogP contribution in [-0.4, -0.2) is 26.8 Å². The highest BCUT2D eigenvalue weighted by Gasteiger charge is 2.21. The summed E-state index contributed by atoms with van der Waals surface area (Å²) in [6, 6.07) is 19.2. The number of nitrogens with zero attached hydrogens (tertiary/aromatic N) is 1. The van der Waals surface area contributed by atoms with Gasteiger partial charge in [-0.1, -0.05) is 67.3 Å². The average molecular weight is 510 g/mol. The van der Waals surface area contributed by atoms with Gasteiger partial charge < -0.3 is 20.1 Å². The molecular formula is C31H27NO6. The Labute approximate surface area is 220 Å². The van der Waals surface area contributed by atoms with Crippen LogP contribution in [0.3, 0.4) is 0 Å². The van der Waals surface area contributed by atoms with Gasteiger partial charge in [-0.2, -0.15) is 0 Å². The Balaban J connectivity index is 1.74. The normalized spacial score (nSPS) is 12.5. The molecule has 0 saturated heterocycles. The van der Waals surface area contributed by atoms with Gasteiger partial charge in [0.25, 0.3) is 5.69 Å². The first-order chi connectivity index (χ1) is 18.4. The number of phenols is 3. The van der Waals surface area contributed by atoms with Gasteiger partial charge in [-0.05, 0) is 33.4 Å². The smallest absolute Gasteiger partial charge is 0.270 e. The quantitative estimate of drug-likeness (QED) is 0.157. The molecule has 0 aliphatic heterocycles. The van der Waals surface area contributed by atoms with Crippen molar-refractivity contribution in [2.75, 3.05) is 6.61 Å². The summed E-state index contributed by atoms with van der Waals surface area (Å²) < 4.78 is 6.09. The van der Waals surface area contributed by atoms with Crippen molar-refractivity contribution < 1.29 is 25.0 Å². The van der Waals surface area contributed by atoms with E-state index < -0.39 is 4.92 Å². The molecule has 1 aliphatic rings. The molecule has 0 spiro atoms. The maximum Gasteiger partial charge on any atom is 0.270 e. The SMILES string of the molecule is C=CCOc1c2cccc1Cc1cccc(c1O)Cc1cc([N+](=O)[O-])cc(c1O)Cc1cccc(c1O)C2. The minimum atomic E-state index is -0.505. The van der Waals surface area contributed by atoms with Gasteiger partial charge in [-0.25, -0.2) is 0 Å². The molecule has 0 aromatic heterocycles. The summed E-state index contributed by atoms with van der Waals surface area (Å²) in [5.41, 5.74) is 4.58. The molecule has 0 radical (unpaired) electrons. The second-order valence-electron chi connectivity index (χ2n) is 9.43. The van der Waals surface area contributed by atoms with Crippen LogP contribution in [0.15, 0.2) is 79.4 Å². The topological polar surface area (TPSA) is 113 Å². The van der Waals surface area contributed by atoms with Crippen molar-refractivity contribution in [2.24, 2.45) is 0 Å². The van der Waals surface area contributed by atoms with E-state index in [-0.39, 0.29) is 35.8 Å². The van der Waals surface area contributed by atoms with Crippen molar-refractivity contribution in [1.82, 2.24) is 0 Å². The number of rotatable bonds is 4. The first-order valence-electron chi connectivity index (χ1n) is 12.3. The van der Waals surface area contributed by atoms with Crippen LogP contribution in [0, 0.1) is 10.1 Å². The fourth-order valence-corrected chi connectivity index (χ4v) is 5.04. The van der Waals surface area contributed by atoms with Crippen LogP contribution in [0.25, 0.3) is 0 Å². The van der Waals surface area contributed by atoms with Gasteiger partial charge in [0.2, 0.25) is 0 Å². The molecule has 7 heteroatoms. The van der Waals surface area contributed by atoms with Gasteiger partial charge in [0, 0.05) is 48.9 Å². The maximum absolute atomic E-state index is 11.7. The van der Waals surface area contributed by atoms with Gasteiger partial charge in [0.05, 0.1) is 4.92 Å². The highest BCUT2D eigenvalue weighted by molar-refractivity contribution is 5.57. The third-order valence-electron chi connectivity index (χ3n) is 6.92. The lowest BCUT2D eigenvalue weighted by molar-refractivity contribution is -0.385. The number of nitro groups is 1. The Hall–Kier alpha value is -4.78. The predicted octanol–water partition coefficient (Wildman–Crippen LogP) is 5.95. The molecule has 3 N–H and O–H groups in total. The van der Waals surface area contributed by atoms with Crippen molar-refractivity contribution in [2.45, 2.75) is 25.7 Å². The van der Waals surface area contributed by atoms with E-state index in [0.29, 0.717) is 58.6 Å². The minimum Gasteiger partial charge on any atom is -0.507 e. The Morgan fingerprint density at radius 1 is 0.711 bits per heavy atom. The fourth-order valence-electron chi connectivity index (χ4n) is 5.04. The second kappa shape index (κ2) is 10.3. The van der Waals surface area contributed by atoms with Crippen LogP contribution in [0.1, 0.15) is 44.5 Å². The monoisotopic (exact) mass is 509 g/mol. The number of para-hydroxylation sites is 3. The second-order valence-corrected chi connectivity index (χ2v) is 9.43. The molecule has 0 atom stereocenters. The zero-order valence-corrected chi connectivity index (χ0v) is 20.7. The Morgan fingerprint density at radius 3 is 1.47 bits per heavy atom. The van der Waals surface area contributed by atoms with E-state index >= 15 is 0 Å². The third-order valence-corrected chi connectivity index (χ3v) is 6.92. The lowest BCUT2D eigenvalue weighted by atomic mass is 9.91. The van der Waals surface area contributed by atoms with E-state index in [9.17, 15) is 25.4 Å². The van der Waals surface area contributed by atoms with E-state index in [1.54, 1.807) is 18.2 Å². The van der Waals surface area contributed by atoms with Crippen LogP contribution < -0.4 is 4.74 Å². The highest BCUT2D eigenvalue weighted by Crippen LogP contribution is 2.38. The summed E-state index contributed by atoms with van der Waals surface area (Å²) in [6.45, 7) is 4.06. The summed E-state index contributed by atoms with van der Waals surface area (Å²) in [6.07, 6.45) is 2.59. The number of hydrogen-bond donors (Lipinski definition) is 3. The van der Waals surface area contributed by atoms with Crippen LogP contribution in [0.2, 0.25) is 0 Å². The zero-order valence-electron chi connectivity index (χ0n) is 20.7. The Bertz CT molecular complexity index is 1460. The molecule has 5 rings (SSSR count). The standard InChI is InChI=1S/C31H27NO6/c1-2-12-38-31-23-10-5-11-24(31)14-20-7-4-9-22(29(20)34)16-26-18-27(32(36)37)17-25(30(26)35)15-21-8-3-6-19(13-23)28(21)33/h2-11,17-18,33-35H,1,12-16H2. The number of phenolic OH excluding ortho intramolecular Hbond substituents is 3. The lowest BCUT2D eigenvalue weighted by Gasteiger charge is -2.19. The number of aromatic hydroxyl groups is 3. The van der Waals surface area contributed by atoms with Gasteiger partial charge >= 0.3 is 0 Å². The Kier molecular flexibility index (Phi) is 6.75. The predicted molar refractivity (Wildman–Crippen MR) is 144 cm³/mol. The first-order valence-corrected chi connectivity index (χ1v) is 12.3. The average Bonchev–Trinajstić information content (AvgIpc) is 2.89. The van der Waals surface area contributed by atoms with E-state index in [2.05, 4.69) is 6.58 Å². The molecule has 0 amide bonds. The summed E-state index contributed by atoms with van der Waals surface area (Å²) in [5, 5.41) is 45.2. The van der Waals surface area contributed by atoms with Crippen LogP contribution >= 0.6 is 0 Å². The van der Waals surface area contributed by atoms with Gasteiger partial charge in [0.1, 0.15) is 29.6 Å².